The Balaban J connectivity index is 1.85. The molecule has 0 aromatic heterocycles. The molecular weight excluding hydrogens is 432 g/mol. The molecule has 1 aliphatic heterocycles. The zero-order valence-electron chi connectivity index (χ0n) is 17.0. The van der Waals surface area contributed by atoms with Crippen LogP contribution in [0.2, 0.25) is 0 Å². The number of carbonyl (C=O) groups is 1. The average Bonchev–Trinajstić information content (AvgIpc) is 2.82. The van der Waals surface area contributed by atoms with Crippen molar-refractivity contribution < 1.29 is 19.7 Å². The van der Waals surface area contributed by atoms with Crippen LogP contribution in [-0.2, 0) is 0 Å². The number of hydrogen-bond acceptors (Lipinski definition) is 9. The smallest absolute Gasteiger partial charge is 0.337 e. The van der Waals surface area contributed by atoms with Gasteiger partial charge in [0.05, 0.1) is 39.0 Å². The minimum absolute atomic E-state index is 0.0856. The molecule has 4 rings (SSSR count). The van der Waals surface area contributed by atoms with E-state index in [2.05, 4.69) is 10.9 Å². The lowest BCUT2D eigenvalue weighted by Crippen LogP contribution is -2.52. The lowest BCUT2D eigenvalue weighted by molar-refractivity contribution is -0.384. The van der Waals surface area contributed by atoms with Gasteiger partial charge in [0.1, 0.15) is 5.69 Å². The lowest BCUT2D eigenvalue weighted by Gasteiger charge is -2.37. The van der Waals surface area contributed by atoms with Crippen LogP contribution in [0.1, 0.15) is 10.4 Å². The number of aromatic carboxylic acids is 1. The monoisotopic (exact) mass is 450 g/mol. The van der Waals surface area contributed by atoms with Crippen LogP contribution in [0.4, 0.5) is 34.1 Å². The van der Waals surface area contributed by atoms with E-state index in [-0.39, 0.29) is 28.3 Å². The molecule has 168 valence electrons. The summed E-state index contributed by atoms with van der Waals surface area (Å²) in [6.45, 7) is 0.809. The number of nitro groups is 2. The molecule has 12 heteroatoms. The van der Waals surface area contributed by atoms with Gasteiger partial charge in [-0.15, -0.1) is 5.53 Å². The fourth-order valence-electron chi connectivity index (χ4n) is 3.55. The normalized spacial score (nSPS) is 12.4. The molecule has 0 saturated heterocycles. The average molecular weight is 450 g/mol. The summed E-state index contributed by atoms with van der Waals surface area (Å²) >= 11 is 0. The van der Waals surface area contributed by atoms with Gasteiger partial charge in [-0.25, -0.2) is 4.79 Å². The fraction of sp³-hybridized carbons (Fsp3) is 0.0952. The summed E-state index contributed by atoms with van der Waals surface area (Å²) in [6.07, 6.45) is 0. The summed E-state index contributed by atoms with van der Waals surface area (Å²) in [5.41, 5.74) is 3.88. The van der Waals surface area contributed by atoms with Crippen molar-refractivity contribution in [2.45, 2.75) is 0 Å². The summed E-state index contributed by atoms with van der Waals surface area (Å²) < 4.78 is 0. The van der Waals surface area contributed by atoms with Gasteiger partial charge < -0.3 is 10.4 Å². The largest absolute Gasteiger partial charge is 0.478 e. The van der Waals surface area contributed by atoms with Gasteiger partial charge in [0, 0.05) is 24.7 Å². The van der Waals surface area contributed by atoms with Gasteiger partial charge in [0.15, 0.2) is 0 Å². The number of hydrazine groups is 2. The second kappa shape index (κ2) is 8.80. The number of carboxylic acid groups (broad SMARTS) is 1. The first kappa shape index (κ1) is 21.5. The SMILES string of the molecule is O=C(O)c1ccccc1N(NN1CCNc2ccc([N+](=O)[O-])cc21)c1ccccc1[N+](=O)[O-]. The number of benzene rings is 3. The molecule has 3 N–H and O–H groups in total. The van der Waals surface area contributed by atoms with Gasteiger partial charge in [-0.2, -0.15) is 0 Å². The highest BCUT2D eigenvalue weighted by molar-refractivity contribution is 5.96. The summed E-state index contributed by atoms with van der Waals surface area (Å²) in [6, 6.07) is 16.3. The number of para-hydroxylation sites is 3. The highest BCUT2D eigenvalue weighted by Crippen LogP contribution is 2.36. The van der Waals surface area contributed by atoms with Gasteiger partial charge >= 0.3 is 5.97 Å². The molecule has 3 aromatic rings. The van der Waals surface area contributed by atoms with E-state index in [0.29, 0.717) is 24.5 Å². The molecule has 3 aromatic carbocycles. The molecule has 1 heterocycles. The quantitative estimate of drug-likeness (QED) is 0.358. The van der Waals surface area contributed by atoms with Crippen molar-refractivity contribution in [2.75, 3.05) is 28.4 Å². The van der Waals surface area contributed by atoms with E-state index in [1.54, 1.807) is 29.3 Å². The first-order valence-corrected chi connectivity index (χ1v) is 9.79. The Bertz CT molecular complexity index is 1190. The minimum Gasteiger partial charge on any atom is -0.478 e. The number of fused-ring (bicyclic) bond motifs is 1. The summed E-state index contributed by atoms with van der Waals surface area (Å²) in [4.78, 5) is 33.8. The van der Waals surface area contributed by atoms with Crippen molar-refractivity contribution in [2.24, 2.45) is 0 Å². The van der Waals surface area contributed by atoms with Crippen LogP contribution in [0.3, 0.4) is 0 Å². The van der Waals surface area contributed by atoms with Crippen LogP contribution in [0.15, 0.2) is 66.7 Å². The maximum absolute atomic E-state index is 11.9. The molecule has 0 radical (unpaired) electrons. The number of nitrogens with one attached hydrogen (secondary N) is 2. The second-order valence-corrected chi connectivity index (χ2v) is 7.04. The zero-order valence-corrected chi connectivity index (χ0v) is 17.0. The standard InChI is InChI=1S/C21H18N6O6/c28-21(29)15-5-1-2-6-17(15)25(18-7-3-4-8-19(18)27(32)33)23-24-12-11-22-16-10-9-14(26(30)31)13-20(16)24/h1-10,13,22-23H,11-12H2,(H,28,29). The Labute approximate surface area is 186 Å². The van der Waals surface area contributed by atoms with E-state index >= 15 is 0 Å². The van der Waals surface area contributed by atoms with Crippen molar-refractivity contribution in [1.29, 1.82) is 0 Å². The Hall–Kier alpha value is -4.71. The second-order valence-electron chi connectivity index (χ2n) is 7.04. The van der Waals surface area contributed by atoms with Crippen molar-refractivity contribution >= 4 is 40.1 Å². The molecule has 0 spiro atoms. The molecule has 0 atom stereocenters. The fourth-order valence-corrected chi connectivity index (χ4v) is 3.55. The molecule has 1 aliphatic rings. The van der Waals surface area contributed by atoms with Gasteiger partial charge in [-0.1, -0.05) is 24.3 Å². The Morgan fingerprint density at radius 2 is 1.70 bits per heavy atom. The number of anilines is 4. The van der Waals surface area contributed by atoms with E-state index in [4.69, 9.17) is 0 Å². The molecular formula is C21H18N6O6. The van der Waals surface area contributed by atoms with Crippen LogP contribution in [0.5, 0.6) is 0 Å². The van der Waals surface area contributed by atoms with Crippen LogP contribution in [0, 0.1) is 20.2 Å². The van der Waals surface area contributed by atoms with Gasteiger partial charge in [0.25, 0.3) is 11.4 Å². The summed E-state index contributed by atoms with van der Waals surface area (Å²) in [5, 5.41) is 38.8. The Kier molecular flexibility index (Phi) is 5.74. The van der Waals surface area contributed by atoms with Crippen LogP contribution in [0.25, 0.3) is 0 Å². The molecule has 0 amide bonds. The molecule has 33 heavy (non-hydrogen) atoms. The maximum Gasteiger partial charge on any atom is 0.337 e. The number of rotatable bonds is 7. The predicted molar refractivity (Wildman–Crippen MR) is 121 cm³/mol. The van der Waals surface area contributed by atoms with E-state index in [0.717, 1.165) is 0 Å². The van der Waals surface area contributed by atoms with Crippen molar-refractivity contribution in [3.63, 3.8) is 0 Å². The highest BCUT2D eigenvalue weighted by Gasteiger charge is 2.28. The number of nitro benzene ring substituents is 2. The number of nitrogens with zero attached hydrogens (tertiary/aromatic N) is 4. The van der Waals surface area contributed by atoms with E-state index < -0.39 is 15.8 Å². The third-order valence-corrected chi connectivity index (χ3v) is 5.05. The molecule has 0 bridgehead atoms. The van der Waals surface area contributed by atoms with Gasteiger partial charge in [-0.3, -0.25) is 30.2 Å². The van der Waals surface area contributed by atoms with Crippen LogP contribution in [-0.4, -0.2) is 34.0 Å². The Morgan fingerprint density at radius 3 is 2.39 bits per heavy atom. The van der Waals surface area contributed by atoms with Crippen molar-refractivity contribution in [3.05, 3.63) is 92.5 Å². The van der Waals surface area contributed by atoms with E-state index in [9.17, 15) is 30.1 Å². The van der Waals surface area contributed by atoms with Crippen LogP contribution >= 0.6 is 0 Å². The minimum atomic E-state index is -1.22. The number of hydrogen-bond donors (Lipinski definition) is 3. The molecule has 0 fully saturated rings. The van der Waals surface area contributed by atoms with E-state index in [1.807, 2.05) is 0 Å². The summed E-state index contributed by atoms with van der Waals surface area (Å²) in [7, 11) is 0. The zero-order chi connectivity index (χ0) is 23.5. The first-order valence-electron chi connectivity index (χ1n) is 9.79. The third kappa shape index (κ3) is 4.22. The van der Waals surface area contributed by atoms with Crippen molar-refractivity contribution in [1.82, 2.24) is 5.53 Å². The summed E-state index contributed by atoms with van der Waals surface area (Å²) in [5.74, 6) is -1.22. The van der Waals surface area contributed by atoms with E-state index in [1.165, 1.54) is 47.5 Å². The molecule has 12 nitrogen and oxygen atoms in total. The highest BCUT2D eigenvalue weighted by atomic mass is 16.6. The third-order valence-electron chi connectivity index (χ3n) is 5.05. The molecule has 0 saturated carbocycles. The van der Waals surface area contributed by atoms with Crippen molar-refractivity contribution in [3.8, 4) is 0 Å². The van der Waals surface area contributed by atoms with Crippen LogP contribution < -0.4 is 20.9 Å². The molecule has 0 unspecified atom stereocenters. The predicted octanol–water partition coefficient (Wildman–Crippen LogP) is 3.69. The van der Waals surface area contributed by atoms with Gasteiger partial charge in [-0.05, 0) is 24.3 Å². The lowest BCUT2D eigenvalue weighted by atomic mass is 10.1. The Morgan fingerprint density at radius 1 is 1.00 bits per heavy atom. The van der Waals surface area contributed by atoms with Gasteiger partial charge in [0.2, 0.25) is 0 Å². The topological polar surface area (TPSA) is 154 Å². The maximum atomic E-state index is 11.9. The first-order chi connectivity index (χ1) is 15.9. The number of carboxylic acids is 1. The number of non-ortho nitro benzene ring substituents is 1. The molecule has 0 aliphatic carbocycles.